The van der Waals surface area contributed by atoms with Crippen LogP contribution in [-0.2, 0) is 4.79 Å². The molecule has 3 rings (SSSR count). The van der Waals surface area contributed by atoms with Crippen LogP contribution in [0.4, 0.5) is 10.5 Å². The second kappa shape index (κ2) is 5.04. The molecule has 1 fully saturated rings. The summed E-state index contributed by atoms with van der Waals surface area (Å²) in [4.78, 5) is 23.4. The van der Waals surface area contributed by atoms with Crippen LogP contribution >= 0.6 is 11.3 Å². The van der Waals surface area contributed by atoms with Crippen molar-refractivity contribution in [2.45, 2.75) is 25.3 Å². The summed E-state index contributed by atoms with van der Waals surface area (Å²) in [5.74, 6) is -0.978. The Morgan fingerprint density at radius 1 is 1.33 bits per heavy atom. The van der Waals surface area contributed by atoms with Crippen LogP contribution in [0, 0.1) is 5.92 Å². The van der Waals surface area contributed by atoms with E-state index in [1.54, 1.807) is 18.3 Å². The van der Waals surface area contributed by atoms with Gasteiger partial charge in [0.2, 0.25) is 0 Å². The molecule has 2 aromatic rings. The highest BCUT2D eigenvalue weighted by molar-refractivity contribution is 7.17. The summed E-state index contributed by atoms with van der Waals surface area (Å²) < 4.78 is 1.15. The standard InChI is InChI=1S/C15H16N2O3S/c1-15(13(18)19,10-2-3-10)17-14(20)16-11-4-5-12-9(8-11)6-7-21-12/h4-8,10H,2-3H2,1H3,(H,18,19)(H2,16,17,20). The highest BCUT2D eigenvalue weighted by Gasteiger charge is 2.48. The van der Waals surface area contributed by atoms with Gasteiger partial charge in [-0.05, 0) is 60.7 Å². The molecule has 5 nitrogen and oxygen atoms in total. The van der Waals surface area contributed by atoms with Crippen molar-refractivity contribution in [2.75, 3.05) is 5.32 Å². The van der Waals surface area contributed by atoms with E-state index >= 15 is 0 Å². The predicted octanol–water partition coefficient (Wildman–Crippen LogP) is 3.28. The zero-order chi connectivity index (χ0) is 15.0. The van der Waals surface area contributed by atoms with Crippen molar-refractivity contribution < 1.29 is 14.7 Å². The molecule has 0 saturated heterocycles. The van der Waals surface area contributed by atoms with Gasteiger partial charge in [0, 0.05) is 10.4 Å². The first-order valence-corrected chi connectivity index (χ1v) is 7.67. The van der Waals surface area contributed by atoms with Crippen LogP contribution in [0.25, 0.3) is 10.1 Å². The summed E-state index contributed by atoms with van der Waals surface area (Å²) in [6.45, 7) is 1.56. The van der Waals surface area contributed by atoms with Crippen molar-refractivity contribution in [3.8, 4) is 0 Å². The lowest BCUT2D eigenvalue weighted by atomic mass is 9.96. The number of hydrogen-bond acceptors (Lipinski definition) is 3. The van der Waals surface area contributed by atoms with Gasteiger partial charge < -0.3 is 15.7 Å². The number of benzene rings is 1. The fourth-order valence-electron chi connectivity index (χ4n) is 2.43. The molecule has 1 aromatic heterocycles. The first-order valence-electron chi connectivity index (χ1n) is 6.79. The van der Waals surface area contributed by atoms with Crippen molar-refractivity contribution in [1.82, 2.24) is 5.32 Å². The number of thiophene rings is 1. The number of fused-ring (bicyclic) bond motifs is 1. The van der Waals surface area contributed by atoms with E-state index in [4.69, 9.17) is 0 Å². The first-order chi connectivity index (χ1) is 9.99. The number of carboxylic acid groups (broad SMARTS) is 1. The second-order valence-corrected chi connectivity index (χ2v) is 6.48. The molecule has 1 atom stereocenters. The Hall–Kier alpha value is -2.08. The minimum Gasteiger partial charge on any atom is -0.480 e. The van der Waals surface area contributed by atoms with Gasteiger partial charge in [0.15, 0.2) is 0 Å². The number of anilines is 1. The molecule has 110 valence electrons. The number of amides is 2. The van der Waals surface area contributed by atoms with Crippen molar-refractivity contribution in [2.24, 2.45) is 5.92 Å². The highest BCUT2D eigenvalue weighted by atomic mass is 32.1. The van der Waals surface area contributed by atoms with Crippen molar-refractivity contribution in [3.63, 3.8) is 0 Å². The molecule has 1 aliphatic rings. The molecule has 1 saturated carbocycles. The van der Waals surface area contributed by atoms with Gasteiger partial charge in [-0.25, -0.2) is 9.59 Å². The summed E-state index contributed by atoms with van der Waals surface area (Å²) in [5.41, 5.74) is -0.543. The Kier molecular flexibility index (Phi) is 3.33. The average Bonchev–Trinajstić information content (AvgIpc) is 3.18. The molecule has 2 amide bonds. The van der Waals surface area contributed by atoms with Gasteiger partial charge in [0.1, 0.15) is 5.54 Å². The van der Waals surface area contributed by atoms with E-state index in [1.165, 1.54) is 0 Å². The topological polar surface area (TPSA) is 78.4 Å². The maximum Gasteiger partial charge on any atom is 0.329 e. The van der Waals surface area contributed by atoms with Crippen LogP contribution in [-0.4, -0.2) is 22.6 Å². The fourth-order valence-corrected chi connectivity index (χ4v) is 3.20. The maximum absolute atomic E-state index is 12.1. The Labute approximate surface area is 126 Å². The third-order valence-corrected chi connectivity index (χ3v) is 4.82. The van der Waals surface area contributed by atoms with Gasteiger partial charge in [0.25, 0.3) is 0 Å². The van der Waals surface area contributed by atoms with E-state index < -0.39 is 17.5 Å². The van der Waals surface area contributed by atoms with Gasteiger partial charge in [-0.2, -0.15) is 0 Å². The molecular weight excluding hydrogens is 288 g/mol. The normalized spacial score (nSPS) is 17.2. The lowest BCUT2D eigenvalue weighted by Gasteiger charge is -2.26. The summed E-state index contributed by atoms with van der Waals surface area (Å²) in [6.07, 6.45) is 1.67. The number of carboxylic acids is 1. The van der Waals surface area contributed by atoms with Gasteiger partial charge in [-0.3, -0.25) is 0 Å². The van der Waals surface area contributed by atoms with E-state index in [-0.39, 0.29) is 5.92 Å². The molecule has 1 aromatic carbocycles. The van der Waals surface area contributed by atoms with Crippen molar-refractivity contribution >= 4 is 39.1 Å². The van der Waals surface area contributed by atoms with Gasteiger partial charge in [-0.15, -0.1) is 11.3 Å². The largest absolute Gasteiger partial charge is 0.480 e. The molecule has 0 aliphatic heterocycles. The summed E-state index contributed by atoms with van der Waals surface area (Å²) in [6, 6.07) is 7.12. The quantitative estimate of drug-likeness (QED) is 0.811. The molecule has 6 heteroatoms. The number of carbonyl (C=O) groups is 2. The van der Waals surface area contributed by atoms with E-state index in [9.17, 15) is 14.7 Å². The number of hydrogen-bond donors (Lipinski definition) is 3. The lowest BCUT2D eigenvalue weighted by molar-refractivity contribution is -0.144. The van der Waals surface area contributed by atoms with Crippen LogP contribution in [0.3, 0.4) is 0 Å². The Balaban J connectivity index is 1.72. The number of carbonyl (C=O) groups excluding carboxylic acids is 1. The molecule has 0 spiro atoms. The predicted molar refractivity (Wildman–Crippen MR) is 82.7 cm³/mol. The fraction of sp³-hybridized carbons (Fsp3) is 0.333. The average molecular weight is 304 g/mol. The third-order valence-electron chi connectivity index (χ3n) is 3.92. The summed E-state index contributed by atoms with van der Waals surface area (Å²) in [5, 5.41) is 17.7. The molecule has 1 unspecified atom stereocenters. The van der Waals surface area contributed by atoms with Gasteiger partial charge in [-0.1, -0.05) is 0 Å². The van der Waals surface area contributed by atoms with E-state index in [2.05, 4.69) is 10.6 Å². The zero-order valence-electron chi connectivity index (χ0n) is 11.6. The number of nitrogens with one attached hydrogen (secondary N) is 2. The SMILES string of the molecule is CC(NC(=O)Nc1ccc2sccc2c1)(C(=O)O)C1CC1. The van der Waals surface area contributed by atoms with Crippen LogP contribution in [0.1, 0.15) is 19.8 Å². The molecule has 3 N–H and O–H groups in total. The number of aliphatic carboxylic acids is 1. The van der Waals surface area contributed by atoms with Crippen LogP contribution in [0.5, 0.6) is 0 Å². The summed E-state index contributed by atoms with van der Waals surface area (Å²) >= 11 is 1.63. The number of urea groups is 1. The highest BCUT2D eigenvalue weighted by Crippen LogP contribution is 2.39. The van der Waals surface area contributed by atoms with Gasteiger partial charge >= 0.3 is 12.0 Å². The maximum atomic E-state index is 12.1. The zero-order valence-corrected chi connectivity index (χ0v) is 12.4. The van der Waals surface area contributed by atoms with E-state index in [0.29, 0.717) is 5.69 Å². The Morgan fingerprint density at radius 2 is 2.10 bits per heavy atom. The second-order valence-electron chi connectivity index (χ2n) is 5.53. The van der Waals surface area contributed by atoms with Crippen LogP contribution in [0.2, 0.25) is 0 Å². The summed E-state index contributed by atoms with van der Waals surface area (Å²) in [7, 11) is 0. The minimum atomic E-state index is -1.20. The van der Waals surface area contributed by atoms with Crippen LogP contribution < -0.4 is 10.6 Å². The minimum absolute atomic E-state index is 0.0140. The van der Waals surface area contributed by atoms with Crippen molar-refractivity contribution in [3.05, 3.63) is 29.6 Å². The number of rotatable bonds is 4. The Morgan fingerprint density at radius 3 is 2.76 bits per heavy atom. The molecule has 0 bridgehead atoms. The van der Waals surface area contributed by atoms with Crippen molar-refractivity contribution in [1.29, 1.82) is 0 Å². The smallest absolute Gasteiger partial charge is 0.329 e. The van der Waals surface area contributed by atoms with E-state index in [1.807, 2.05) is 29.6 Å². The molecule has 1 aliphatic carbocycles. The molecular formula is C15H16N2O3S. The Bertz CT molecular complexity index is 708. The molecule has 21 heavy (non-hydrogen) atoms. The van der Waals surface area contributed by atoms with E-state index in [0.717, 1.165) is 22.9 Å². The molecule has 1 heterocycles. The van der Waals surface area contributed by atoms with Crippen LogP contribution in [0.15, 0.2) is 29.6 Å². The lowest BCUT2D eigenvalue weighted by Crippen LogP contribution is -2.55. The van der Waals surface area contributed by atoms with Gasteiger partial charge in [0.05, 0.1) is 0 Å². The molecule has 0 radical (unpaired) electrons. The third kappa shape index (κ3) is 2.71. The monoisotopic (exact) mass is 304 g/mol. The first kappa shape index (κ1) is 13.9.